The maximum atomic E-state index is 12.2. The molecule has 0 spiro atoms. The van der Waals surface area contributed by atoms with Gasteiger partial charge in [0, 0.05) is 0 Å². The molecule has 0 aliphatic heterocycles. The molecule has 0 heterocycles. The van der Waals surface area contributed by atoms with Crippen LogP contribution in [0.5, 0.6) is 11.5 Å². The fourth-order valence-corrected chi connectivity index (χ4v) is 2.77. The number of benzene rings is 2. The molecular formula is C14H15NO4S. The number of hydrogen-bond acceptors (Lipinski definition) is 4. The van der Waals surface area contributed by atoms with E-state index in [4.69, 9.17) is 4.74 Å². The number of rotatable bonds is 4. The molecule has 5 nitrogen and oxygen atoms in total. The average Bonchev–Trinajstić information content (AvgIpc) is 2.44. The second-order valence-corrected chi connectivity index (χ2v) is 5.93. The van der Waals surface area contributed by atoms with Crippen molar-refractivity contribution in [3.63, 3.8) is 0 Å². The van der Waals surface area contributed by atoms with E-state index in [0.29, 0.717) is 11.3 Å². The Bertz CT molecular complexity index is 708. The fraction of sp³-hybridized carbons (Fsp3) is 0.143. The van der Waals surface area contributed by atoms with Gasteiger partial charge in [-0.2, -0.15) is 0 Å². The van der Waals surface area contributed by atoms with Crippen LogP contribution in [-0.4, -0.2) is 20.6 Å². The third-order valence-corrected chi connectivity index (χ3v) is 4.23. The number of phenolic OH excluding ortho intramolecular Hbond substituents is 1. The van der Waals surface area contributed by atoms with Gasteiger partial charge in [0.1, 0.15) is 11.5 Å². The van der Waals surface area contributed by atoms with Gasteiger partial charge in [-0.3, -0.25) is 4.72 Å². The minimum Gasteiger partial charge on any atom is -0.505 e. The van der Waals surface area contributed by atoms with E-state index in [1.165, 1.54) is 25.3 Å². The molecular weight excluding hydrogens is 278 g/mol. The van der Waals surface area contributed by atoms with E-state index in [2.05, 4.69) is 4.72 Å². The molecule has 0 amide bonds. The van der Waals surface area contributed by atoms with Gasteiger partial charge >= 0.3 is 0 Å². The van der Waals surface area contributed by atoms with Gasteiger partial charge in [0.05, 0.1) is 17.7 Å². The highest BCUT2D eigenvalue weighted by Gasteiger charge is 2.16. The first kappa shape index (κ1) is 14.2. The van der Waals surface area contributed by atoms with Crippen LogP contribution >= 0.6 is 0 Å². The highest BCUT2D eigenvalue weighted by atomic mass is 32.2. The first-order valence-corrected chi connectivity index (χ1v) is 7.38. The topological polar surface area (TPSA) is 75.6 Å². The maximum absolute atomic E-state index is 12.2. The van der Waals surface area contributed by atoms with Crippen LogP contribution in [-0.2, 0) is 10.0 Å². The van der Waals surface area contributed by atoms with Crippen molar-refractivity contribution in [2.45, 2.75) is 11.8 Å². The van der Waals surface area contributed by atoms with E-state index in [-0.39, 0.29) is 16.3 Å². The van der Waals surface area contributed by atoms with Gasteiger partial charge in [0.2, 0.25) is 0 Å². The molecule has 2 rings (SSSR count). The molecule has 2 N–H and O–H groups in total. The number of methoxy groups -OCH3 is 1. The van der Waals surface area contributed by atoms with Crippen molar-refractivity contribution in [3.8, 4) is 11.5 Å². The zero-order valence-electron chi connectivity index (χ0n) is 11.1. The molecule has 6 heteroatoms. The number of anilines is 1. The molecule has 0 aliphatic carbocycles. The number of sulfonamides is 1. The van der Waals surface area contributed by atoms with Crippen LogP contribution in [0, 0.1) is 6.92 Å². The first-order chi connectivity index (χ1) is 9.44. The first-order valence-electron chi connectivity index (χ1n) is 5.89. The largest absolute Gasteiger partial charge is 0.505 e. The molecule has 2 aromatic carbocycles. The van der Waals surface area contributed by atoms with Gasteiger partial charge in [-0.05, 0) is 42.8 Å². The van der Waals surface area contributed by atoms with Crippen molar-refractivity contribution in [3.05, 3.63) is 48.0 Å². The predicted molar refractivity (Wildman–Crippen MR) is 76.6 cm³/mol. The SMILES string of the molecule is COc1ccc(S(=O)(=O)Nc2cccc(C)c2O)cc1. The number of aryl methyl sites for hydroxylation is 1. The molecule has 0 saturated carbocycles. The summed E-state index contributed by atoms with van der Waals surface area (Å²) >= 11 is 0. The van der Waals surface area contributed by atoms with E-state index in [1.54, 1.807) is 31.2 Å². The summed E-state index contributed by atoms with van der Waals surface area (Å²) in [7, 11) is -2.24. The van der Waals surface area contributed by atoms with Gasteiger partial charge in [0.25, 0.3) is 10.0 Å². The van der Waals surface area contributed by atoms with Crippen molar-refractivity contribution in [2.75, 3.05) is 11.8 Å². The van der Waals surface area contributed by atoms with E-state index < -0.39 is 10.0 Å². The van der Waals surface area contributed by atoms with Crippen molar-refractivity contribution in [1.29, 1.82) is 0 Å². The zero-order valence-corrected chi connectivity index (χ0v) is 11.9. The Morgan fingerprint density at radius 2 is 1.75 bits per heavy atom. The Kier molecular flexibility index (Phi) is 3.85. The summed E-state index contributed by atoms with van der Waals surface area (Å²) in [5.41, 5.74) is 0.751. The lowest BCUT2D eigenvalue weighted by Gasteiger charge is -2.11. The van der Waals surface area contributed by atoms with Crippen molar-refractivity contribution in [2.24, 2.45) is 0 Å². The normalized spacial score (nSPS) is 11.1. The number of hydrogen-bond donors (Lipinski definition) is 2. The van der Waals surface area contributed by atoms with E-state index in [9.17, 15) is 13.5 Å². The van der Waals surface area contributed by atoms with Crippen LogP contribution in [0.2, 0.25) is 0 Å². The van der Waals surface area contributed by atoms with E-state index in [1.807, 2.05) is 0 Å². The lowest BCUT2D eigenvalue weighted by atomic mass is 10.2. The number of aromatic hydroxyl groups is 1. The van der Waals surface area contributed by atoms with Gasteiger partial charge in [-0.25, -0.2) is 8.42 Å². The highest BCUT2D eigenvalue weighted by molar-refractivity contribution is 7.92. The zero-order chi connectivity index (χ0) is 14.8. The lowest BCUT2D eigenvalue weighted by Crippen LogP contribution is -2.13. The summed E-state index contributed by atoms with van der Waals surface area (Å²) in [6.07, 6.45) is 0. The summed E-state index contributed by atoms with van der Waals surface area (Å²) in [5.74, 6) is 0.493. The van der Waals surface area contributed by atoms with Crippen LogP contribution in [0.1, 0.15) is 5.56 Å². The van der Waals surface area contributed by atoms with Gasteiger partial charge in [0.15, 0.2) is 0 Å². The Balaban J connectivity index is 2.33. The minimum atomic E-state index is -3.74. The molecule has 0 aliphatic rings. The van der Waals surface area contributed by atoms with E-state index in [0.717, 1.165) is 0 Å². The van der Waals surface area contributed by atoms with Crippen molar-refractivity contribution >= 4 is 15.7 Å². The Hall–Kier alpha value is -2.21. The molecule has 0 bridgehead atoms. The quantitative estimate of drug-likeness (QED) is 0.849. The van der Waals surface area contributed by atoms with Gasteiger partial charge in [-0.15, -0.1) is 0 Å². The average molecular weight is 293 g/mol. The molecule has 0 radical (unpaired) electrons. The fourth-order valence-electron chi connectivity index (χ4n) is 1.70. The van der Waals surface area contributed by atoms with Crippen LogP contribution in [0.3, 0.4) is 0 Å². The van der Waals surface area contributed by atoms with Gasteiger partial charge < -0.3 is 9.84 Å². The summed E-state index contributed by atoms with van der Waals surface area (Å²) in [4.78, 5) is 0.0965. The molecule has 0 aromatic heterocycles. The van der Waals surface area contributed by atoms with E-state index >= 15 is 0 Å². The van der Waals surface area contributed by atoms with Crippen LogP contribution < -0.4 is 9.46 Å². The smallest absolute Gasteiger partial charge is 0.262 e. The minimum absolute atomic E-state index is 0.0791. The standard InChI is InChI=1S/C14H15NO4S/c1-10-4-3-5-13(14(10)16)15-20(17,18)12-8-6-11(19-2)7-9-12/h3-9,15-16H,1-2H3. The van der Waals surface area contributed by atoms with Crippen LogP contribution in [0.15, 0.2) is 47.4 Å². The Morgan fingerprint density at radius 3 is 2.35 bits per heavy atom. The number of ether oxygens (including phenoxy) is 1. The lowest BCUT2D eigenvalue weighted by molar-refractivity contribution is 0.414. The molecule has 0 saturated heterocycles. The third-order valence-electron chi connectivity index (χ3n) is 2.85. The maximum Gasteiger partial charge on any atom is 0.262 e. The third kappa shape index (κ3) is 2.85. The predicted octanol–water partition coefficient (Wildman–Crippen LogP) is 2.51. The summed E-state index contributed by atoms with van der Waals surface area (Å²) in [6.45, 7) is 1.69. The summed E-state index contributed by atoms with van der Waals surface area (Å²) in [6, 6.07) is 10.9. The number of nitrogens with one attached hydrogen (secondary N) is 1. The monoisotopic (exact) mass is 293 g/mol. The molecule has 0 fully saturated rings. The molecule has 2 aromatic rings. The second-order valence-electron chi connectivity index (χ2n) is 4.25. The summed E-state index contributed by atoms with van der Waals surface area (Å²) in [5, 5.41) is 9.84. The van der Waals surface area contributed by atoms with Crippen LogP contribution in [0.25, 0.3) is 0 Å². The van der Waals surface area contributed by atoms with Crippen molar-refractivity contribution < 1.29 is 18.3 Å². The van der Waals surface area contributed by atoms with Gasteiger partial charge in [-0.1, -0.05) is 12.1 Å². The number of phenols is 1. The molecule has 106 valence electrons. The highest BCUT2D eigenvalue weighted by Crippen LogP contribution is 2.29. The van der Waals surface area contributed by atoms with Crippen LogP contribution in [0.4, 0.5) is 5.69 Å². The Labute approximate surface area is 117 Å². The Morgan fingerprint density at radius 1 is 1.10 bits per heavy atom. The second kappa shape index (κ2) is 5.42. The molecule has 20 heavy (non-hydrogen) atoms. The summed E-state index contributed by atoms with van der Waals surface area (Å²) < 4.78 is 31.7. The number of para-hydroxylation sites is 1. The molecule has 0 unspecified atom stereocenters. The molecule has 0 atom stereocenters. The van der Waals surface area contributed by atoms with Crippen molar-refractivity contribution in [1.82, 2.24) is 0 Å².